The van der Waals surface area contributed by atoms with Gasteiger partial charge in [-0.3, -0.25) is 4.79 Å². The Morgan fingerprint density at radius 3 is 2.43 bits per heavy atom. The van der Waals surface area contributed by atoms with Crippen LogP contribution in [-0.4, -0.2) is 43.6 Å². The topological polar surface area (TPSA) is 75.7 Å². The Bertz CT molecular complexity index is 616. The van der Waals surface area contributed by atoms with E-state index in [9.17, 15) is 27.9 Å². The Kier molecular flexibility index (Phi) is 8.24. The minimum absolute atomic E-state index is 0. The van der Waals surface area contributed by atoms with Crippen molar-refractivity contribution in [3.05, 3.63) is 34.9 Å². The molecule has 0 heterocycles. The maximum absolute atomic E-state index is 12.1. The van der Waals surface area contributed by atoms with E-state index < -0.39 is 29.6 Å². The summed E-state index contributed by atoms with van der Waals surface area (Å²) in [6.45, 7) is 1.40. The van der Waals surface area contributed by atoms with Crippen LogP contribution in [0.4, 0.5) is 13.2 Å². The van der Waals surface area contributed by atoms with E-state index in [1.165, 1.54) is 6.92 Å². The summed E-state index contributed by atoms with van der Waals surface area (Å²) in [5, 5.41) is 11.5. The van der Waals surface area contributed by atoms with Crippen molar-refractivity contribution < 1.29 is 37.3 Å². The molecule has 0 aliphatic rings. The van der Waals surface area contributed by atoms with Crippen LogP contribution in [0.1, 0.15) is 12.5 Å². The first-order chi connectivity index (χ1) is 10.1. The first-order valence-electron chi connectivity index (χ1n) is 5.79. The summed E-state index contributed by atoms with van der Waals surface area (Å²) in [5.74, 6) is -4.21. The number of hydrogen-bond acceptors (Lipinski definition) is 5. The fourth-order valence-electron chi connectivity index (χ4n) is 1.36. The zero-order valence-corrected chi connectivity index (χ0v) is 12.8. The SMILES string of the molecule is CCOC(=O)C(=O)C=C([O-])c1cc(Cl)cc(OC(F)(F)F)c1.[Li]. The van der Waals surface area contributed by atoms with Crippen LogP contribution in [0.25, 0.3) is 5.76 Å². The predicted molar refractivity (Wildman–Crippen MR) is 73.5 cm³/mol. The molecule has 0 atom stereocenters. The largest absolute Gasteiger partial charge is 0.872 e. The van der Waals surface area contributed by atoms with Crippen molar-refractivity contribution in [3.8, 4) is 5.75 Å². The molecule has 121 valence electrons. The summed E-state index contributed by atoms with van der Waals surface area (Å²) >= 11 is 5.58. The predicted octanol–water partition coefficient (Wildman–Crippen LogP) is 1.69. The van der Waals surface area contributed by atoms with Gasteiger partial charge in [-0.15, -0.1) is 13.2 Å². The maximum Gasteiger partial charge on any atom is 0.573 e. The van der Waals surface area contributed by atoms with E-state index in [0.29, 0.717) is 6.08 Å². The van der Waals surface area contributed by atoms with Crippen LogP contribution in [0, 0.1) is 0 Å². The van der Waals surface area contributed by atoms with Gasteiger partial charge in [-0.2, -0.15) is 0 Å². The molecule has 0 aromatic heterocycles. The number of halogens is 4. The smallest absolute Gasteiger partial charge is 0.573 e. The van der Waals surface area contributed by atoms with Gasteiger partial charge in [0.1, 0.15) is 5.75 Å². The minimum atomic E-state index is -4.96. The molecule has 0 unspecified atom stereocenters. The molecule has 0 aliphatic carbocycles. The third-order valence-electron chi connectivity index (χ3n) is 2.13. The van der Waals surface area contributed by atoms with Crippen molar-refractivity contribution in [3.63, 3.8) is 0 Å². The number of carbonyl (C=O) groups excluding carboxylic acids is 2. The van der Waals surface area contributed by atoms with Gasteiger partial charge in [-0.05, 0) is 36.8 Å². The van der Waals surface area contributed by atoms with Gasteiger partial charge in [-0.25, -0.2) is 4.79 Å². The van der Waals surface area contributed by atoms with E-state index in [-0.39, 0.29) is 36.1 Å². The number of alkyl halides is 3. The molecule has 0 saturated heterocycles. The number of esters is 1. The van der Waals surface area contributed by atoms with Crippen molar-refractivity contribution in [1.82, 2.24) is 0 Å². The third-order valence-corrected chi connectivity index (χ3v) is 2.35. The molecule has 0 fully saturated rings. The van der Waals surface area contributed by atoms with Crippen molar-refractivity contribution in [1.29, 1.82) is 0 Å². The average Bonchev–Trinajstić information content (AvgIpc) is 2.35. The van der Waals surface area contributed by atoms with E-state index >= 15 is 0 Å². The molecule has 1 aromatic rings. The van der Waals surface area contributed by atoms with E-state index in [4.69, 9.17) is 11.6 Å². The molecular weight excluding hydrogens is 336 g/mol. The number of hydrogen-bond donors (Lipinski definition) is 0. The molecule has 5 nitrogen and oxygen atoms in total. The van der Waals surface area contributed by atoms with Crippen LogP contribution < -0.4 is 9.84 Å². The van der Waals surface area contributed by atoms with Gasteiger partial charge >= 0.3 is 12.3 Å². The summed E-state index contributed by atoms with van der Waals surface area (Å²) in [6.07, 6.45) is -4.56. The molecule has 1 rings (SSSR count). The molecule has 0 aliphatic heterocycles. The summed E-state index contributed by atoms with van der Waals surface area (Å²) in [7, 11) is 0. The van der Waals surface area contributed by atoms with Crippen molar-refractivity contribution in [2.45, 2.75) is 13.3 Å². The second-order valence-electron chi connectivity index (χ2n) is 3.82. The van der Waals surface area contributed by atoms with Gasteiger partial charge in [0.25, 0.3) is 5.78 Å². The Labute approximate surface area is 146 Å². The van der Waals surface area contributed by atoms with Gasteiger partial charge in [0.2, 0.25) is 0 Å². The zero-order valence-electron chi connectivity index (χ0n) is 12.1. The number of ether oxygens (including phenoxy) is 2. The summed E-state index contributed by atoms with van der Waals surface area (Å²) < 4.78 is 44.4. The molecule has 0 saturated carbocycles. The number of carbonyl (C=O) groups is 2. The summed E-state index contributed by atoms with van der Waals surface area (Å²) in [5.41, 5.74) is -0.343. The van der Waals surface area contributed by atoms with Gasteiger partial charge in [0, 0.05) is 23.9 Å². The Hall–Kier alpha value is -1.62. The molecule has 0 spiro atoms. The van der Waals surface area contributed by atoms with Crippen LogP contribution in [0.3, 0.4) is 0 Å². The average molecular weight is 345 g/mol. The van der Waals surface area contributed by atoms with Crippen LogP contribution in [0.5, 0.6) is 5.75 Å². The van der Waals surface area contributed by atoms with Crippen LogP contribution >= 0.6 is 11.6 Å². The van der Waals surface area contributed by atoms with Crippen molar-refractivity contribution in [2.24, 2.45) is 0 Å². The first kappa shape index (κ1) is 21.4. The monoisotopic (exact) mass is 344 g/mol. The molecule has 1 aromatic carbocycles. The molecule has 23 heavy (non-hydrogen) atoms. The van der Waals surface area contributed by atoms with Gasteiger partial charge in [-0.1, -0.05) is 17.4 Å². The van der Waals surface area contributed by atoms with Crippen molar-refractivity contribution in [2.75, 3.05) is 6.61 Å². The van der Waals surface area contributed by atoms with E-state index in [1.807, 2.05) is 0 Å². The summed E-state index contributed by atoms with van der Waals surface area (Å²) in [4.78, 5) is 22.4. The standard InChI is InChI=1S/C13H10ClF3O5.Li/c1-2-21-12(20)11(19)6-10(18)7-3-8(14)5-9(4-7)22-13(15,16)17;/h3-6,18H,2H2,1H3;/p-1. The summed E-state index contributed by atoms with van der Waals surface area (Å²) in [6, 6.07) is 2.62. The fourth-order valence-corrected chi connectivity index (χ4v) is 1.59. The molecule has 0 N–H and O–H groups in total. The van der Waals surface area contributed by atoms with E-state index in [1.54, 1.807) is 0 Å². The zero-order chi connectivity index (χ0) is 16.9. The minimum Gasteiger partial charge on any atom is -0.872 e. The second-order valence-corrected chi connectivity index (χ2v) is 4.25. The molecule has 1 radical (unpaired) electrons. The first-order valence-corrected chi connectivity index (χ1v) is 6.16. The van der Waals surface area contributed by atoms with Gasteiger partial charge in [0.15, 0.2) is 0 Å². The molecule has 10 heteroatoms. The Morgan fingerprint density at radius 2 is 1.91 bits per heavy atom. The van der Waals surface area contributed by atoms with Gasteiger partial charge in [0.05, 0.1) is 6.61 Å². The fraction of sp³-hybridized carbons (Fsp3) is 0.231. The van der Waals surface area contributed by atoms with E-state index in [0.717, 1.165) is 18.2 Å². The molecular formula is C13H9ClF3LiO5-. The number of benzene rings is 1. The molecule has 0 bridgehead atoms. The Balaban J connectivity index is 0.00000484. The van der Waals surface area contributed by atoms with Crippen LogP contribution in [0.15, 0.2) is 24.3 Å². The number of rotatable bonds is 5. The second kappa shape index (κ2) is 8.87. The van der Waals surface area contributed by atoms with Gasteiger partial charge < -0.3 is 14.6 Å². The third kappa shape index (κ3) is 7.46. The van der Waals surface area contributed by atoms with Crippen LogP contribution in [0.2, 0.25) is 5.02 Å². The van der Waals surface area contributed by atoms with Crippen molar-refractivity contribution >= 4 is 48.0 Å². The quantitative estimate of drug-likeness (QED) is 0.267. The van der Waals surface area contributed by atoms with Crippen LogP contribution in [-0.2, 0) is 14.3 Å². The number of ketones is 1. The molecule has 0 amide bonds. The Morgan fingerprint density at radius 1 is 1.30 bits per heavy atom. The van der Waals surface area contributed by atoms with E-state index in [2.05, 4.69) is 9.47 Å². The maximum atomic E-state index is 12.1. The normalized spacial score (nSPS) is 11.4.